The normalized spacial score (nSPS) is 10.4. The molecule has 0 aliphatic carbocycles. The smallest absolute Gasteiger partial charge is 0.166 e. The molecule has 1 aromatic carbocycles. The van der Waals surface area contributed by atoms with Crippen molar-refractivity contribution in [3.63, 3.8) is 0 Å². The van der Waals surface area contributed by atoms with Gasteiger partial charge >= 0.3 is 0 Å². The number of benzene rings is 1. The van der Waals surface area contributed by atoms with Crippen molar-refractivity contribution in [1.29, 1.82) is 0 Å². The second-order valence-corrected chi connectivity index (χ2v) is 3.25. The summed E-state index contributed by atoms with van der Waals surface area (Å²) in [4.78, 5) is 13.6. The fraction of sp³-hybridized carbons (Fsp3) is 0.182. The van der Waals surface area contributed by atoms with Crippen molar-refractivity contribution in [3.8, 4) is 5.75 Å². The predicted molar refractivity (Wildman–Crippen MR) is 55.0 cm³/mol. The first-order valence-electron chi connectivity index (χ1n) is 4.37. The number of hydrogen-bond donors (Lipinski definition) is 1. The summed E-state index contributed by atoms with van der Waals surface area (Å²) in [5.74, 6) is 0.800. The minimum Gasteiger partial charge on any atom is -0.497 e. The highest BCUT2D eigenvalue weighted by Crippen LogP contribution is 2.24. The van der Waals surface area contributed by atoms with Gasteiger partial charge in [-0.3, -0.25) is 4.79 Å². The molecule has 2 aromatic rings. The number of carbonyl (C=O) groups excluding carboxylic acids is 1. The van der Waals surface area contributed by atoms with Crippen molar-refractivity contribution >= 4 is 17.2 Å². The van der Waals surface area contributed by atoms with Crippen LogP contribution in [-0.4, -0.2) is 18.4 Å². The molecule has 0 amide bonds. The molecule has 0 unspecified atom stereocenters. The van der Waals surface area contributed by atoms with E-state index >= 15 is 0 Å². The standard InChI is InChI=1S/C11H11NO2/c1-7-3-9(14-2)5-11-10(7)4-8(6-13)12-11/h3-6,12H,1-2H3. The Morgan fingerprint density at radius 1 is 1.36 bits per heavy atom. The largest absolute Gasteiger partial charge is 0.497 e. The molecule has 1 aromatic heterocycles. The van der Waals surface area contributed by atoms with Gasteiger partial charge in [-0.05, 0) is 24.6 Å². The number of carbonyl (C=O) groups is 1. The first kappa shape index (κ1) is 8.81. The summed E-state index contributed by atoms with van der Waals surface area (Å²) in [6, 6.07) is 5.68. The Kier molecular flexibility index (Phi) is 2.00. The number of methoxy groups -OCH3 is 1. The zero-order chi connectivity index (χ0) is 10.1. The molecule has 0 aliphatic rings. The lowest BCUT2D eigenvalue weighted by atomic mass is 10.1. The second kappa shape index (κ2) is 3.18. The molecule has 72 valence electrons. The number of fused-ring (bicyclic) bond motifs is 1. The number of aromatic nitrogens is 1. The molecule has 2 rings (SSSR count). The molecule has 0 spiro atoms. The van der Waals surface area contributed by atoms with Crippen LogP contribution in [0.1, 0.15) is 16.1 Å². The lowest BCUT2D eigenvalue weighted by Crippen LogP contribution is -1.84. The van der Waals surface area contributed by atoms with Crippen molar-refractivity contribution in [1.82, 2.24) is 4.98 Å². The fourth-order valence-corrected chi connectivity index (χ4v) is 1.59. The molecule has 0 saturated carbocycles. The van der Waals surface area contributed by atoms with Gasteiger partial charge in [0, 0.05) is 17.0 Å². The Labute approximate surface area is 81.7 Å². The van der Waals surface area contributed by atoms with Crippen LogP contribution >= 0.6 is 0 Å². The van der Waals surface area contributed by atoms with Gasteiger partial charge < -0.3 is 9.72 Å². The summed E-state index contributed by atoms with van der Waals surface area (Å²) in [5, 5.41) is 1.06. The van der Waals surface area contributed by atoms with Gasteiger partial charge in [-0.15, -0.1) is 0 Å². The van der Waals surface area contributed by atoms with E-state index in [-0.39, 0.29) is 0 Å². The number of nitrogens with one attached hydrogen (secondary N) is 1. The Balaban J connectivity index is 2.73. The molecule has 0 bridgehead atoms. The average molecular weight is 189 g/mol. The van der Waals surface area contributed by atoms with Crippen LogP contribution in [0.15, 0.2) is 18.2 Å². The lowest BCUT2D eigenvalue weighted by Gasteiger charge is -2.01. The number of ether oxygens (including phenoxy) is 1. The van der Waals surface area contributed by atoms with Gasteiger partial charge in [0.2, 0.25) is 0 Å². The maximum absolute atomic E-state index is 10.6. The van der Waals surface area contributed by atoms with E-state index in [0.717, 1.165) is 28.5 Å². The van der Waals surface area contributed by atoms with E-state index in [2.05, 4.69) is 4.98 Å². The molecule has 3 heteroatoms. The van der Waals surface area contributed by atoms with Gasteiger partial charge in [-0.2, -0.15) is 0 Å². The molecule has 0 atom stereocenters. The predicted octanol–water partition coefficient (Wildman–Crippen LogP) is 2.30. The Morgan fingerprint density at radius 3 is 2.79 bits per heavy atom. The second-order valence-electron chi connectivity index (χ2n) is 3.25. The highest BCUT2D eigenvalue weighted by molar-refractivity contribution is 5.90. The molecule has 0 radical (unpaired) electrons. The third-order valence-electron chi connectivity index (χ3n) is 2.30. The molecule has 0 fully saturated rings. The third kappa shape index (κ3) is 1.27. The first-order valence-corrected chi connectivity index (χ1v) is 4.37. The van der Waals surface area contributed by atoms with Crippen molar-refractivity contribution < 1.29 is 9.53 Å². The van der Waals surface area contributed by atoms with Gasteiger partial charge in [-0.1, -0.05) is 0 Å². The summed E-state index contributed by atoms with van der Waals surface area (Å²) in [6.45, 7) is 1.99. The maximum atomic E-state index is 10.6. The van der Waals surface area contributed by atoms with E-state index in [4.69, 9.17) is 4.74 Å². The van der Waals surface area contributed by atoms with Gasteiger partial charge in [0.1, 0.15) is 5.75 Å². The quantitative estimate of drug-likeness (QED) is 0.736. The number of aryl methyl sites for hydroxylation is 1. The van der Waals surface area contributed by atoms with Crippen LogP contribution in [-0.2, 0) is 0 Å². The number of aldehydes is 1. The molecule has 0 saturated heterocycles. The molecule has 1 heterocycles. The zero-order valence-electron chi connectivity index (χ0n) is 8.13. The number of aromatic amines is 1. The fourth-order valence-electron chi connectivity index (χ4n) is 1.59. The number of hydrogen-bond acceptors (Lipinski definition) is 2. The van der Waals surface area contributed by atoms with E-state index in [1.54, 1.807) is 7.11 Å². The van der Waals surface area contributed by atoms with Gasteiger partial charge in [0.05, 0.1) is 12.8 Å². The van der Waals surface area contributed by atoms with Crippen LogP contribution in [0.2, 0.25) is 0 Å². The number of rotatable bonds is 2. The van der Waals surface area contributed by atoms with E-state index in [1.807, 2.05) is 25.1 Å². The monoisotopic (exact) mass is 189 g/mol. The molecular formula is C11H11NO2. The molecule has 14 heavy (non-hydrogen) atoms. The zero-order valence-corrected chi connectivity index (χ0v) is 8.13. The molecule has 0 aliphatic heterocycles. The van der Waals surface area contributed by atoms with Crippen molar-refractivity contribution in [2.75, 3.05) is 7.11 Å². The summed E-state index contributed by atoms with van der Waals surface area (Å²) in [7, 11) is 1.63. The average Bonchev–Trinajstić information content (AvgIpc) is 2.61. The Hall–Kier alpha value is -1.77. The van der Waals surface area contributed by atoms with Gasteiger partial charge in [0.15, 0.2) is 6.29 Å². The minimum atomic E-state index is 0.594. The van der Waals surface area contributed by atoms with Crippen LogP contribution in [0.3, 0.4) is 0 Å². The topological polar surface area (TPSA) is 42.1 Å². The third-order valence-corrected chi connectivity index (χ3v) is 2.30. The van der Waals surface area contributed by atoms with E-state index in [9.17, 15) is 4.79 Å². The molecule has 1 N–H and O–H groups in total. The van der Waals surface area contributed by atoms with Crippen molar-refractivity contribution in [2.24, 2.45) is 0 Å². The summed E-state index contributed by atoms with van der Waals surface area (Å²) >= 11 is 0. The number of H-pyrrole nitrogens is 1. The summed E-state index contributed by atoms with van der Waals surface area (Å²) in [5.41, 5.74) is 2.63. The summed E-state index contributed by atoms with van der Waals surface area (Å²) < 4.78 is 5.14. The van der Waals surface area contributed by atoms with Crippen molar-refractivity contribution in [3.05, 3.63) is 29.5 Å². The lowest BCUT2D eigenvalue weighted by molar-refractivity contribution is 0.112. The van der Waals surface area contributed by atoms with E-state index < -0.39 is 0 Å². The van der Waals surface area contributed by atoms with Crippen LogP contribution in [0.25, 0.3) is 10.9 Å². The highest BCUT2D eigenvalue weighted by atomic mass is 16.5. The van der Waals surface area contributed by atoms with E-state index in [0.29, 0.717) is 5.69 Å². The van der Waals surface area contributed by atoms with Crippen LogP contribution in [0.5, 0.6) is 5.75 Å². The molecular weight excluding hydrogens is 178 g/mol. The van der Waals surface area contributed by atoms with Crippen LogP contribution in [0.4, 0.5) is 0 Å². The Morgan fingerprint density at radius 2 is 2.14 bits per heavy atom. The Bertz CT molecular complexity index is 485. The maximum Gasteiger partial charge on any atom is 0.166 e. The summed E-state index contributed by atoms with van der Waals surface area (Å²) in [6.07, 6.45) is 0.811. The van der Waals surface area contributed by atoms with E-state index in [1.165, 1.54) is 0 Å². The first-order chi connectivity index (χ1) is 6.74. The minimum absolute atomic E-state index is 0.594. The van der Waals surface area contributed by atoms with Crippen LogP contribution < -0.4 is 4.74 Å². The SMILES string of the molecule is COc1cc(C)c2cc(C=O)[nH]c2c1. The highest BCUT2D eigenvalue weighted by Gasteiger charge is 2.04. The molecule has 3 nitrogen and oxygen atoms in total. The van der Waals surface area contributed by atoms with Gasteiger partial charge in [-0.25, -0.2) is 0 Å². The van der Waals surface area contributed by atoms with Crippen LogP contribution in [0, 0.1) is 6.92 Å². The van der Waals surface area contributed by atoms with Crippen molar-refractivity contribution in [2.45, 2.75) is 6.92 Å². The van der Waals surface area contributed by atoms with Gasteiger partial charge in [0.25, 0.3) is 0 Å².